The average Bonchev–Trinajstić information content (AvgIpc) is 2.79. The van der Waals surface area contributed by atoms with Gasteiger partial charge in [0.25, 0.3) is 0 Å². The van der Waals surface area contributed by atoms with Crippen molar-refractivity contribution in [3.8, 4) is 0 Å². The number of nitrogens with one attached hydrogen (secondary N) is 2. The van der Waals surface area contributed by atoms with Gasteiger partial charge in [0, 0.05) is 12.1 Å². The van der Waals surface area contributed by atoms with Crippen molar-refractivity contribution in [3.63, 3.8) is 0 Å². The number of aromatic nitrogens is 3. The lowest BCUT2D eigenvalue weighted by molar-refractivity contribution is 0.508. The van der Waals surface area contributed by atoms with Gasteiger partial charge in [0.2, 0.25) is 10.0 Å². The maximum Gasteiger partial charge on any atom is 0.241 e. The molecule has 9 heteroatoms. The monoisotopic (exact) mass is 360 g/mol. The number of halogens is 1. The highest BCUT2D eigenvalue weighted by atomic mass is 35.5. The van der Waals surface area contributed by atoms with Crippen LogP contribution in [-0.2, 0) is 17.1 Å². The molecule has 2 N–H and O–H groups in total. The lowest BCUT2D eigenvalue weighted by atomic mass is 10.2. The Bertz CT molecular complexity index is 796. The predicted octanol–water partition coefficient (Wildman–Crippen LogP) is 2.95. The zero-order valence-corrected chi connectivity index (χ0v) is 14.6. The molecule has 2 aromatic rings. The first-order valence-corrected chi connectivity index (χ1v) is 9.01. The molecule has 0 aliphatic rings. The van der Waals surface area contributed by atoms with E-state index >= 15 is 0 Å². The van der Waals surface area contributed by atoms with E-state index in [-0.39, 0.29) is 4.90 Å². The zero-order chi connectivity index (χ0) is 16.3. The van der Waals surface area contributed by atoms with Crippen molar-refractivity contribution in [1.82, 2.24) is 19.5 Å². The summed E-state index contributed by atoms with van der Waals surface area (Å²) in [5, 5.41) is 7.28. The summed E-state index contributed by atoms with van der Waals surface area (Å²) in [5.74, 6) is 0.560. The molecule has 0 radical (unpaired) electrons. The summed E-state index contributed by atoms with van der Waals surface area (Å²) >= 11 is 10.9. The van der Waals surface area contributed by atoms with Crippen LogP contribution in [0.4, 0.5) is 0 Å². The number of hydrogen-bond acceptors (Lipinski definition) is 4. The molecule has 0 aliphatic heterocycles. The highest BCUT2D eigenvalue weighted by Gasteiger charge is 2.24. The van der Waals surface area contributed by atoms with Crippen LogP contribution in [0.25, 0.3) is 0 Å². The van der Waals surface area contributed by atoms with Gasteiger partial charge in [-0.25, -0.2) is 13.1 Å². The van der Waals surface area contributed by atoms with Crippen LogP contribution in [0.1, 0.15) is 31.6 Å². The first kappa shape index (κ1) is 17.1. The van der Waals surface area contributed by atoms with Gasteiger partial charge in [-0.2, -0.15) is 5.10 Å². The van der Waals surface area contributed by atoms with E-state index in [9.17, 15) is 8.42 Å². The molecule has 6 nitrogen and oxygen atoms in total. The summed E-state index contributed by atoms with van der Waals surface area (Å²) < 4.78 is 29.8. The van der Waals surface area contributed by atoms with Crippen LogP contribution >= 0.6 is 23.8 Å². The Morgan fingerprint density at radius 1 is 1.41 bits per heavy atom. The van der Waals surface area contributed by atoms with Crippen LogP contribution in [0.2, 0.25) is 5.02 Å². The van der Waals surface area contributed by atoms with E-state index in [0.29, 0.717) is 22.0 Å². The molecule has 0 aliphatic carbocycles. The molecule has 1 aromatic carbocycles. The Morgan fingerprint density at radius 2 is 2.05 bits per heavy atom. The molecule has 0 saturated carbocycles. The summed E-state index contributed by atoms with van der Waals surface area (Å²) in [6, 6.07) is 5.57. The summed E-state index contributed by atoms with van der Waals surface area (Å²) in [6.45, 7) is 1.98. The quantitative estimate of drug-likeness (QED) is 0.776. The lowest BCUT2D eigenvalue weighted by Crippen LogP contribution is -2.30. The zero-order valence-electron chi connectivity index (χ0n) is 12.2. The average molecular weight is 361 g/mol. The van der Waals surface area contributed by atoms with E-state index in [4.69, 9.17) is 23.8 Å². The Kier molecular flexibility index (Phi) is 5.38. The Labute approximate surface area is 139 Å². The fourth-order valence-electron chi connectivity index (χ4n) is 2.07. The van der Waals surface area contributed by atoms with E-state index in [1.54, 1.807) is 23.7 Å². The van der Waals surface area contributed by atoms with Crippen LogP contribution in [-0.4, -0.2) is 23.2 Å². The van der Waals surface area contributed by atoms with E-state index < -0.39 is 16.1 Å². The second-order valence-electron chi connectivity index (χ2n) is 4.86. The number of hydrogen-bond donors (Lipinski definition) is 2. The van der Waals surface area contributed by atoms with Gasteiger partial charge >= 0.3 is 0 Å². The van der Waals surface area contributed by atoms with Crippen molar-refractivity contribution in [2.24, 2.45) is 7.05 Å². The SMILES string of the molecule is CCCC(NS(=O)(=O)c1ccc(Cl)cc1)c1n[nH]c(=S)n1C. The molecule has 1 atom stereocenters. The summed E-state index contributed by atoms with van der Waals surface area (Å²) in [6.07, 6.45) is 1.41. The molecular weight excluding hydrogens is 344 g/mol. The maximum absolute atomic E-state index is 12.5. The van der Waals surface area contributed by atoms with E-state index in [1.165, 1.54) is 12.1 Å². The number of H-pyrrole nitrogens is 1. The fourth-order valence-corrected chi connectivity index (χ4v) is 3.56. The lowest BCUT2D eigenvalue weighted by Gasteiger charge is -2.17. The molecule has 0 amide bonds. The second kappa shape index (κ2) is 6.91. The smallest absolute Gasteiger partial charge is 0.241 e. The van der Waals surface area contributed by atoms with Crippen LogP contribution < -0.4 is 4.72 Å². The second-order valence-corrected chi connectivity index (χ2v) is 7.40. The van der Waals surface area contributed by atoms with Gasteiger partial charge in [-0.1, -0.05) is 24.9 Å². The minimum absolute atomic E-state index is 0.162. The molecular formula is C13H17ClN4O2S2. The molecule has 2 rings (SSSR count). The minimum atomic E-state index is -3.66. The fraction of sp³-hybridized carbons (Fsp3) is 0.385. The van der Waals surface area contributed by atoms with Gasteiger partial charge in [-0.3, -0.25) is 5.10 Å². The van der Waals surface area contributed by atoms with Crippen molar-refractivity contribution in [1.29, 1.82) is 0 Å². The molecule has 120 valence electrons. The highest BCUT2D eigenvalue weighted by molar-refractivity contribution is 7.89. The molecule has 0 fully saturated rings. The Balaban J connectivity index is 2.33. The Hall–Kier alpha value is -1.22. The van der Waals surface area contributed by atoms with Crippen LogP contribution in [0.5, 0.6) is 0 Å². The molecule has 0 bridgehead atoms. The molecule has 0 spiro atoms. The van der Waals surface area contributed by atoms with Crippen molar-refractivity contribution in [2.75, 3.05) is 0 Å². The van der Waals surface area contributed by atoms with Gasteiger partial charge in [0.1, 0.15) is 5.82 Å². The molecule has 0 saturated heterocycles. The van der Waals surface area contributed by atoms with Crippen molar-refractivity contribution in [3.05, 3.63) is 39.9 Å². The largest absolute Gasteiger partial charge is 0.306 e. The minimum Gasteiger partial charge on any atom is -0.306 e. The first-order chi connectivity index (χ1) is 10.3. The predicted molar refractivity (Wildman–Crippen MR) is 87.8 cm³/mol. The standard InChI is InChI=1S/C13H17ClN4O2S2/c1-3-4-11(12-15-16-13(21)18(12)2)17-22(19,20)10-7-5-9(14)6-8-10/h5-8,11,17H,3-4H2,1-2H3,(H,16,21). The third-order valence-electron chi connectivity index (χ3n) is 3.22. The normalized spacial score (nSPS) is 13.2. The van der Waals surface area contributed by atoms with Crippen LogP contribution in [0, 0.1) is 4.77 Å². The van der Waals surface area contributed by atoms with E-state index in [1.807, 2.05) is 6.92 Å². The third-order valence-corrected chi connectivity index (χ3v) is 5.33. The molecule has 22 heavy (non-hydrogen) atoms. The van der Waals surface area contributed by atoms with E-state index in [0.717, 1.165) is 6.42 Å². The number of aromatic amines is 1. The van der Waals surface area contributed by atoms with E-state index in [2.05, 4.69) is 14.9 Å². The third kappa shape index (κ3) is 3.75. The first-order valence-electron chi connectivity index (χ1n) is 6.74. The van der Waals surface area contributed by atoms with Gasteiger partial charge in [0.05, 0.1) is 10.9 Å². The van der Waals surface area contributed by atoms with Crippen molar-refractivity contribution in [2.45, 2.75) is 30.7 Å². The van der Waals surface area contributed by atoms with Crippen molar-refractivity contribution < 1.29 is 8.42 Å². The van der Waals surface area contributed by atoms with Gasteiger partial charge in [0.15, 0.2) is 4.77 Å². The van der Waals surface area contributed by atoms with Crippen LogP contribution in [0.3, 0.4) is 0 Å². The number of rotatable bonds is 6. The highest BCUT2D eigenvalue weighted by Crippen LogP contribution is 2.21. The number of benzene rings is 1. The topological polar surface area (TPSA) is 79.8 Å². The molecule has 1 unspecified atom stereocenters. The maximum atomic E-state index is 12.5. The summed E-state index contributed by atoms with van der Waals surface area (Å²) in [7, 11) is -1.91. The van der Waals surface area contributed by atoms with Crippen LogP contribution in [0.15, 0.2) is 29.2 Å². The summed E-state index contributed by atoms with van der Waals surface area (Å²) in [5.41, 5.74) is 0. The van der Waals surface area contributed by atoms with Crippen molar-refractivity contribution >= 4 is 33.8 Å². The van der Waals surface area contributed by atoms with Gasteiger partial charge in [-0.15, -0.1) is 0 Å². The summed E-state index contributed by atoms with van der Waals surface area (Å²) in [4.78, 5) is 0.162. The van der Waals surface area contributed by atoms with Gasteiger partial charge < -0.3 is 4.57 Å². The number of nitrogens with zero attached hydrogens (tertiary/aromatic N) is 2. The number of sulfonamides is 1. The molecule has 1 aromatic heterocycles. The Morgan fingerprint density at radius 3 is 2.55 bits per heavy atom. The molecule has 1 heterocycles. The van der Waals surface area contributed by atoms with Gasteiger partial charge in [-0.05, 0) is 42.9 Å².